The number of carbonyl (C=O) groups excluding carboxylic acids is 2. The quantitative estimate of drug-likeness (QED) is 0.535. The van der Waals surface area contributed by atoms with Crippen LogP contribution in [0.4, 0.5) is 5.69 Å². The first-order valence-corrected chi connectivity index (χ1v) is 5.42. The van der Waals surface area contributed by atoms with Crippen LogP contribution in [-0.4, -0.2) is 41.3 Å². The smallest absolute Gasteiger partial charge is 0.336 e. The molecular weight excluding hydrogens is 254 g/mol. The zero-order valence-electron chi connectivity index (χ0n) is 10.3. The highest BCUT2D eigenvalue weighted by Gasteiger charge is 2.16. The van der Waals surface area contributed by atoms with Gasteiger partial charge in [0.1, 0.15) is 6.54 Å². The maximum absolute atomic E-state index is 11.5. The number of esters is 1. The first kappa shape index (κ1) is 14.7. The fourth-order valence-corrected chi connectivity index (χ4v) is 1.31. The van der Waals surface area contributed by atoms with E-state index in [1.54, 1.807) is 0 Å². The summed E-state index contributed by atoms with van der Waals surface area (Å²) in [6.45, 7) is -0.541. The first-order valence-electron chi connectivity index (χ1n) is 5.42. The number of anilines is 1. The van der Waals surface area contributed by atoms with Crippen LogP contribution in [0.2, 0.25) is 0 Å². The highest BCUT2D eigenvalue weighted by atomic mass is 16.5. The van der Waals surface area contributed by atoms with Crippen LogP contribution in [0.5, 0.6) is 0 Å². The number of hydrogen-bond acceptors (Lipinski definition) is 6. The van der Waals surface area contributed by atoms with E-state index in [4.69, 9.17) is 5.73 Å². The molecule has 8 nitrogen and oxygen atoms in total. The summed E-state index contributed by atoms with van der Waals surface area (Å²) in [4.78, 5) is 33.8. The van der Waals surface area contributed by atoms with Gasteiger partial charge in [0.05, 0.1) is 13.7 Å². The number of carbonyl (C=O) groups is 2. The average molecular weight is 269 g/mol. The van der Waals surface area contributed by atoms with Gasteiger partial charge in [0.2, 0.25) is 5.91 Å². The van der Waals surface area contributed by atoms with E-state index in [-0.39, 0.29) is 18.6 Å². The summed E-state index contributed by atoms with van der Waals surface area (Å²) in [5, 5.41) is 11.6. The number of pyridine rings is 1. The van der Waals surface area contributed by atoms with Gasteiger partial charge in [-0.05, 0) is 6.07 Å². The predicted octanol–water partition coefficient (Wildman–Crippen LogP) is -1.92. The molecule has 4 N–H and O–H groups in total. The molecule has 0 aromatic carbocycles. The summed E-state index contributed by atoms with van der Waals surface area (Å²) in [5.74, 6) is -1.38. The number of amides is 1. The van der Waals surface area contributed by atoms with E-state index in [0.717, 1.165) is 11.7 Å². The largest absolute Gasteiger partial charge is 0.467 e. The normalized spacial score (nSPS) is 11.7. The lowest BCUT2D eigenvalue weighted by molar-refractivity contribution is -0.150. The Balaban J connectivity index is 2.54. The highest BCUT2D eigenvalue weighted by Crippen LogP contribution is 1.95. The third kappa shape index (κ3) is 4.43. The molecule has 1 amide bonds. The van der Waals surface area contributed by atoms with Crippen molar-refractivity contribution in [1.29, 1.82) is 0 Å². The summed E-state index contributed by atoms with van der Waals surface area (Å²) in [6.07, 6.45) is -0.106. The van der Waals surface area contributed by atoms with Gasteiger partial charge in [-0.1, -0.05) is 0 Å². The maximum Gasteiger partial charge on any atom is 0.336 e. The van der Waals surface area contributed by atoms with Crippen molar-refractivity contribution in [3.8, 4) is 0 Å². The lowest BCUT2D eigenvalue weighted by Crippen LogP contribution is -2.39. The van der Waals surface area contributed by atoms with Crippen molar-refractivity contribution >= 4 is 17.6 Å². The summed E-state index contributed by atoms with van der Waals surface area (Å²) < 4.78 is 5.41. The van der Waals surface area contributed by atoms with Gasteiger partial charge in [0.15, 0.2) is 6.10 Å². The van der Waals surface area contributed by atoms with E-state index in [1.807, 2.05) is 0 Å². The van der Waals surface area contributed by atoms with Gasteiger partial charge in [-0.3, -0.25) is 9.59 Å². The Kier molecular flexibility index (Phi) is 5.07. The van der Waals surface area contributed by atoms with E-state index in [0.29, 0.717) is 5.69 Å². The van der Waals surface area contributed by atoms with Gasteiger partial charge in [-0.25, -0.2) is 4.79 Å². The Bertz CT molecular complexity index is 525. The minimum atomic E-state index is -1.44. The molecule has 0 fully saturated rings. The van der Waals surface area contributed by atoms with E-state index in [2.05, 4.69) is 10.1 Å². The average Bonchev–Trinajstić information content (AvgIpc) is 2.39. The van der Waals surface area contributed by atoms with Gasteiger partial charge in [-0.15, -0.1) is 0 Å². The number of methoxy groups -OCH3 is 1. The molecule has 0 aliphatic carbocycles. The number of nitrogens with two attached hydrogens (primary N) is 1. The number of aromatic nitrogens is 1. The third-order valence-electron chi connectivity index (χ3n) is 2.29. The van der Waals surface area contributed by atoms with Crippen molar-refractivity contribution in [2.75, 3.05) is 19.4 Å². The number of nitrogen functional groups attached to an aromatic ring is 1. The third-order valence-corrected chi connectivity index (χ3v) is 2.29. The van der Waals surface area contributed by atoms with Gasteiger partial charge >= 0.3 is 5.97 Å². The summed E-state index contributed by atoms with van der Waals surface area (Å²) in [7, 11) is 1.12. The van der Waals surface area contributed by atoms with Gasteiger partial charge in [0.25, 0.3) is 5.56 Å². The molecule has 1 aromatic heterocycles. The van der Waals surface area contributed by atoms with Crippen LogP contribution in [0.15, 0.2) is 23.1 Å². The second-order valence-corrected chi connectivity index (χ2v) is 3.77. The second-order valence-electron chi connectivity index (χ2n) is 3.77. The minimum Gasteiger partial charge on any atom is -0.467 e. The van der Waals surface area contributed by atoms with Gasteiger partial charge in [0, 0.05) is 18.0 Å². The van der Waals surface area contributed by atoms with Crippen LogP contribution in [0, 0.1) is 0 Å². The highest BCUT2D eigenvalue weighted by molar-refractivity contribution is 5.78. The molecule has 0 aliphatic rings. The number of rotatable bonds is 5. The standard InChI is InChI=1S/C11H15N3O5/c1-19-11(18)8(15)4-13-9(16)6-14-5-7(12)2-3-10(14)17/h2-3,5,8,15H,4,6,12H2,1H3,(H,13,16). The number of nitrogens with zero attached hydrogens (tertiary/aromatic N) is 1. The summed E-state index contributed by atoms with van der Waals surface area (Å²) in [6, 6.07) is 2.67. The van der Waals surface area contributed by atoms with Gasteiger partial charge in [-0.2, -0.15) is 0 Å². The van der Waals surface area contributed by atoms with Gasteiger partial charge < -0.3 is 25.5 Å². The first-order chi connectivity index (χ1) is 8.93. The molecule has 0 saturated heterocycles. The Morgan fingerprint density at radius 2 is 2.21 bits per heavy atom. The lowest BCUT2D eigenvalue weighted by Gasteiger charge is -2.10. The van der Waals surface area contributed by atoms with Crippen LogP contribution in [0.25, 0.3) is 0 Å². The minimum absolute atomic E-state index is 0.252. The van der Waals surface area contributed by atoms with Crippen LogP contribution in [-0.2, 0) is 20.9 Å². The molecule has 1 unspecified atom stereocenters. The number of nitrogens with one attached hydrogen (secondary N) is 1. The molecular formula is C11H15N3O5. The van der Waals surface area contributed by atoms with Crippen LogP contribution in [0.3, 0.4) is 0 Å². The molecule has 0 spiro atoms. The zero-order valence-corrected chi connectivity index (χ0v) is 10.3. The molecule has 1 heterocycles. The molecule has 0 saturated carbocycles. The number of aliphatic hydroxyl groups is 1. The van der Waals surface area contributed by atoms with Crippen molar-refractivity contribution in [2.24, 2.45) is 0 Å². The zero-order chi connectivity index (χ0) is 14.4. The molecule has 1 rings (SSSR count). The molecule has 1 aromatic rings. The predicted molar refractivity (Wildman–Crippen MR) is 66.1 cm³/mol. The van der Waals surface area contributed by atoms with Crippen LogP contribution >= 0.6 is 0 Å². The van der Waals surface area contributed by atoms with Crippen molar-refractivity contribution in [3.63, 3.8) is 0 Å². The molecule has 0 aliphatic heterocycles. The second kappa shape index (κ2) is 6.55. The lowest BCUT2D eigenvalue weighted by atomic mass is 10.3. The van der Waals surface area contributed by atoms with E-state index >= 15 is 0 Å². The number of aliphatic hydroxyl groups excluding tert-OH is 1. The van der Waals surface area contributed by atoms with Crippen molar-refractivity contribution in [3.05, 3.63) is 28.7 Å². The fraction of sp³-hybridized carbons (Fsp3) is 0.364. The molecule has 0 radical (unpaired) electrons. The van der Waals surface area contributed by atoms with Crippen LogP contribution < -0.4 is 16.6 Å². The Morgan fingerprint density at radius 1 is 1.53 bits per heavy atom. The molecule has 104 valence electrons. The Hall–Kier alpha value is -2.35. The SMILES string of the molecule is COC(=O)C(O)CNC(=O)Cn1cc(N)ccc1=O. The van der Waals surface area contributed by atoms with E-state index in [1.165, 1.54) is 18.3 Å². The number of hydrogen-bond donors (Lipinski definition) is 3. The summed E-state index contributed by atoms with van der Waals surface area (Å²) in [5.41, 5.74) is 5.46. The summed E-state index contributed by atoms with van der Waals surface area (Å²) >= 11 is 0. The molecule has 0 bridgehead atoms. The number of ether oxygens (including phenoxy) is 1. The van der Waals surface area contributed by atoms with Crippen molar-refractivity contribution in [1.82, 2.24) is 9.88 Å². The monoisotopic (exact) mass is 269 g/mol. The Morgan fingerprint density at radius 3 is 2.84 bits per heavy atom. The van der Waals surface area contributed by atoms with Crippen LogP contribution in [0.1, 0.15) is 0 Å². The fourth-order valence-electron chi connectivity index (χ4n) is 1.31. The molecule has 8 heteroatoms. The molecule has 19 heavy (non-hydrogen) atoms. The van der Waals surface area contributed by atoms with Crippen molar-refractivity contribution in [2.45, 2.75) is 12.6 Å². The van der Waals surface area contributed by atoms with E-state index in [9.17, 15) is 19.5 Å². The van der Waals surface area contributed by atoms with Crippen molar-refractivity contribution < 1.29 is 19.4 Å². The Labute approximate surface area is 108 Å². The maximum atomic E-state index is 11.5. The molecule has 1 atom stereocenters. The van der Waals surface area contributed by atoms with E-state index < -0.39 is 18.0 Å². The topological polar surface area (TPSA) is 124 Å².